The Kier molecular flexibility index (Phi) is 4.52. The van der Waals surface area contributed by atoms with Crippen LogP contribution in [0.5, 0.6) is 5.75 Å². The molecule has 20 heavy (non-hydrogen) atoms. The van der Waals surface area contributed by atoms with E-state index < -0.39 is 4.92 Å². The lowest BCUT2D eigenvalue weighted by atomic mass is 10.2. The quantitative estimate of drug-likeness (QED) is 0.573. The Labute approximate surface area is 116 Å². The normalized spacial score (nSPS) is 13.8. The Morgan fingerprint density at radius 1 is 1.50 bits per heavy atom. The van der Waals surface area contributed by atoms with E-state index in [1.165, 1.54) is 13.2 Å². The fourth-order valence-electron chi connectivity index (χ4n) is 1.81. The maximum absolute atomic E-state index is 11.5. The van der Waals surface area contributed by atoms with Crippen LogP contribution in [0.3, 0.4) is 0 Å². The van der Waals surface area contributed by atoms with Gasteiger partial charge >= 0.3 is 5.69 Å². The van der Waals surface area contributed by atoms with Crippen LogP contribution in [0.15, 0.2) is 18.2 Å². The molecule has 1 aromatic rings. The number of carbonyl (C=O) groups is 1. The van der Waals surface area contributed by atoms with Gasteiger partial charge in [-0.25, -0.2) is 0 Å². The molecule has 0 aliphatic heterocycles. The first kappa shape index (κ1) is 14.3. The smallest absolute Gasteiger partial charge is 0.311 e. The maximum Gasteiger partial charge on any atom is 0.311 e. The van der Waals surface area contributed by atoms with E-state index in [9.17, 15) is 14.9 Å². The molecule has 1 fully saturated rings. The van der Waals surface area contributed by atoms with Crippen molar-refractivity contribution >= 4 is 11.6 Å². The SMILES string of the molecule is COc1ccc(CNCC(=O)NC2CC2)cc1[N+](=O)[O-]. The molecule has 1 amide bonds. The predicted octanol–water partition coefficient (Wildman–Crippen LogP) is 0.972. The molecule has 2 rings (SSSR count). The number of hydrogen-bond donors (Lipinski definition) is 2. The number of amides is 1. The summed E-state index contributed by atoms with van der Waals surface area (Å²) >= 11 is 0. The van der Waals surface area contributed by atoms with Gasteiger partial charge in [0, 0.05) is 18.7 Å². The zero-order chi connectivity index (χ0) is 14.5. The molecular weight excluding hydrogens is 262 g/mol. The second-order valence-electron chi connectivity index (χ2n) is 4.71. The Bertz CT molecular complexity index is 514. The molecule has 2 N–H and O–H groups in total. The number of rotatable bonds is 7. The minimum Gasteiger partial charge on any atom is -0.490 e. The van der Waals surface area contributed by atoms with E-state index in [-0.39, 0.29) is 23.9 Å². The molecule has 0 radical (unpaired) electrons. The highest BCUT2D eigenvalue weighted by Crippen LogP contribution is 2.27. The highest BCUT2D eigenvalue weighted by atomic mass is 16.6. The van der Waals surface area contributed by atoms with Crippen LogP contribution in [0, 0.1) is 10.1 Å². The fourth-order valence-corrected chi connectivity index (χ4v) is 1.81. The van der Waals surface area contributed by atoms with E-state index in [0.29, 0.717) is 12.6 Å². The van der Waals surface area contributed by atoms with Gasteiger partial charge in [-0.15, -0.1) is 0 Å². The van der Waals surface area contributed by atoms with Crippen LogP contribution in [0.2, 0.25) is 0 Å². The molecule has 0 atom stereocenters. The average Bonchev–Trinajstić information content (AvgIpc) is 3.22. The van der Waals surface area contributed by atoms with Gasteiger partial charge in [-0.2, -0.15) is 0 Å². The monoisotopic (exact) mass is 279 g/mol. The number of hydrogen-bond acceptors (Lipinski definition) is 5. The zero-order valence-corrected chi connectivity index (χ0v) is 11.2. The van der Waals surface area contributed by atoms with Gasteiger partial charge in [-0.05, 0) is 24.5 Å². The minimum atomic E-state index is -0.484. The van der Waals surface area contributed by atoms with Crippen molar-refractivity contribution in [3.63, 3.8) is 0 Å². The first-order valence-corrected chi connectivity index (χ1v) is 6.41. The van der Waals surface area contributed by atoms with E-state index in [0.717, 1.165) is 18.4 Å². The third kappa shape index (κ3) is 3.92. The average molecular weight is 279 g/mol. The summed E-state index contributed by atoms with van der Waals surface area (Å²) in [5.74, 6) is 0.181. The first-order valence-electron chi connectivity index (χ1n) is 6.41. The number of nitro groups is 1. The number of ether oxygens (including phenoxy) is 1. The van der Waals surface area contributed by atoms with Gasteiger partial charge in [-0.1, -0.05) is 6.07 Å². The fraction of sp³-hybridized carbons (Fsp3) is 0.462. The number of benzene rings is 1. The van der Waals surface area contributed by atoms with Gasteiger partial charge in [0.25, 0.3) is 0 Å². The van der Waals surface area contributed by atoms with Crippen LogP contribution in [0.1, 0.15) is 18.4 Å². The van der Waals surface area contributed by atoms with Crippen molar-refractivity contribution in [1.29, 1.82) is 0 Å². The highest BCUT2D eigenvalue weighted by Gasteiger charge is 2.22. The highest BCUT2D eigenvalue weighted by molar-refractivity contribution is 5.78. The van der Waals surface area contributed by atoms with E-state index >= 15 is 0 Å². The van der Waals surface area contributed by atoms with Crippen molar-refractivity contribution in [1.82, 2.24) is 10.6 Å². The Morgan fingerprint density at radius 3 is 2.85 bits per heavy atom. The molecule has 0 aromatic heterocycles. The molecule has 0 unspecified atom stereocenters. The maximum atomic E-state index is 11.5. The summed E-state index contributed by atoms with van der Waals surface area (Å²) in [6.45, 7) is 0.596. The lowest BCUT2D eigenvalue weighted by Gasteiger charge is -2.07. The molecule has 1 saturated carbocycles. The molecule has 108 valence electrons. The molecular formula is C13H17N3O4. The van der Waals surface area contributed by atoms with E-state index in [1.54, 1.807) is 12.1 Å². The molecule has 1 aliphatic carbocycles. The third-order valence-electron chi connectivity index (χ3n) is 3.00. The number of carbonyl (C=O) groups excluding carboxylic acids is 1. The Balaban J connectivity index is 1.87. The van der Waals surface area contributed by atoms with Gasteiger partial charge in [0.1, 0.15) is 0 Å². The largest absolute Gasteiger partial charge is 0.490 e. The predicted molar refractivity (Wildman–Crippen MR) is 72.5 cm³/mol. The Hall–Kier alpha value is -2.15. The third-order valence-corrected chi connectivity index (χ3v) is 3.00. The molecule has 0 heterocycles. The molecule has 1 aromatic carbocycles. The number of nitrogens with zero attached hydrogens (tertiary/aromatic N) is 1. The van der Waals surface area contributed by atoms with Crippen LogP contribution < -0.4 is 15.4 Å². The first-order chi connectivity index (χ1) is 9.60. The van der Waals surface area contributed by atoms with E-state index in [1.807, 2.05) is 0 Å². The minimum absolute atomic E-state index is 0.0458. The lowest BCUT2D eigenvalue weighted by Crippen LogP contribution is -2.34. The van der Waals surface area contributed by atoms with Crippen molar-refractivity contribution in [2.75, 3.05) is 13.7 Å². The zero-order valence-electron chi connectivity index (χ0n) is 11.2. The lowest BCUT2D eigenvalue weighted by molar-refractivity contribution is -0.385. The van der Waals surface area contributed by atoms with Gasteiger partial charge < -0.3 is 15.4 Å². The van der Waals surface area contributed by atoms with Crippen LogP contribution >= 0.6 is 0 Å². The van der Waals surface area contributed by atoms with Crippen LogP contribution in [-0.4, -0.2) is 30.5 Å². The van der Waals surface area contributed by atoms with Gasteiger partial charge in [0.15, 0.2) is 5.75 Å². The van der Waals surface area contributed by atoms with E-state index in [2.05, 4.69) is 10.6 Å². The van der Waals surface area contributed by atoms with Gasteiger partial charge in [-0.3, -0.25) is 14.9 Å². The van der Waals surface area contributed by atoms with Crippen LogP contribution in [0.25, 0.3) is 0 Å². The molecule has 7 heteroatoms. The second kappa shape index (κ2) is 6.33. The van der Waals surface area contributed by atoms with Gasteiger partial charge in [0.2, 0.25) is 5.91 Å². The van der Waals surface area contributed by atoms with Crippen LogP contribution in [-0.2, 0) is 11.3 Å². The van der Waals surface area contributed by atoms with E-state index in [4.69, 9.17) is 4.74 Å². The van der Waals surface area contributed by atoms with Crippen LogP contribution in [0.4, 0.5) is 5.69 Å². The molecule has 7 nitrogen and oxygen atoms in total. The van der Waals surface area contributed by atoms with Crippen molar-refractivity contribution in [2.45, 2.75) is 25.4 Å². The summed E-state index contributed by atoms with van der Waals surface area (Å²) in [4.78, 5) is 21.9. The van der Waals surface area contributed by atoms with Crippen molar-refractivity contribution in [2.24, 2.45) is 0 Å². The number of nitrogens with one attached hydrogen (secondary N) is 2. The van der Waals surface area contributed by atoms with Crippen molar-refractivity contribution < 1.29 is 14.5 Å². The summed E-state index contributed by atoms with van der Waals surface area (Å²) in [7, 11) is 1.39. The summed E-state index contributed by atoms with van der Waals surface area (Å²) in [5, 5.41) is 16.7. The van der Waals surface area contributed by atoms with Crippen molar-refractivity contribution in [3.8, 4) is 5.75 Å². The Morgan fingerprint density at radius 2 is 2.25 bits per heavy atom. The molecule has 1 aliphatic rings. The summed E-state index contributed by atoms with van der Waals surface area (Å²) in [6, 6.07) is 5.08. The second-order valence-corrected chi connectivity index (χ2v) is 4.71. The van der Waals surface area contributed by atoms with Gasteiger partial charge in [0.05, 0.1) is 18.6 Å². The standard InChI is InChI=1S/C13H17N3O4/c1-20-12-5-2-9(6-11(12)16(18)19)7-14-8-13(17)15-10-3-4-10/h2,5-6,10,14H,3-4,7-8H2,1H3,(H,15,17). The number of methoxy groups -OCH3 is 1. The summed E-state index contributed by atoms with van der Waals surface area (Å²) in [6.07, 6.45) is 2.10. The topological polar surface area (TPSA) is 93.5 Å². The number of nitro benzene ring substituents is 1. The molecule has 0 saturated heterocycles. The summed E-state index contributed by atoms with van der Waals surface area (Å²) in [5.41, 5.74) is 0.658. The summed E-state index contributed by atoms with van der Waals surface area (Å²) < 4.78 is 4.93. The van der Waals surface area contributed by atoms with Crippen molar-refractivity contribution in [3.05, 3.63) is 33.9 Å². The molecule has 0 spiro atoms. The molecule has 0 bridgehead atoms.